The van der Waals surface area contributed by atoms with Crippen LogP contribution in [0.3, 0.4) is 0 Å². The second kappa shape index (κ2) is 8.11. The first-order valence-corrected chi connectivity index (χ1v) is 8.88. The molecular weight excluding hydrogens is 286 g/mol. The van der Waals surface area contributed by atoms with Crippen molar-refractivity contribution in [1.82, 2.24) is 14.7 Å². The number of rotatable bonds is 7. The minimum atomic E-state index is -0.224. The molecule has 1 aliphatic rings. The van der Waals surface area contributed by atoms with E-state index in [9.17, 15) is 0 Å². The van der Waals surface area contributed by atoms with Gasteiger partial charge in [0.05, 0.1) is 12.8 Å². The van der Waals surface area contributed by atoms with Crippen molar-refractivity contribution in [1.29, 1.82) is 0 Å². The van der Waals surface area contributed by atoms with Crippen LogP contribution in [0, 0.1) is 5.92 Å². The average Bonchev–Trinajstić information content (AvgIpc) is 2.92. The van der Waals surface area contributed by atoms with Gasteiger partial charge in [-0.2, -0.15) is 5.10 Å². The molecule has 0 aliphatic carbocycles. The SMILES string of the molecule is CC(C)=CCC[C@@H](C)CCN1CCO[C@@](C)(c2cnn(C)c2)C1. The summed E-state index contributed by atoms with van der Waals surface area (Å²) in [4.78, 5) is 2.55. The molecule has 1 saturated heterocycles. The number of morpholine rings is 1. The van der Waals surface area contributed by atoms with Crippen molar-refractivity contribution in [2.24, 2.45) is 13.0 Å². The van der Waals surface area contributed by atoms with E-state index in [0.717, 1.165) is 32.2 Å². The molecule has 2 atom stereocenters. The smallest absolute Gasteiger partial charge is 0.106 e. The molecule has 0 aromatic carbocycles. The van der Waals surface area contributed by atoms with Crippen LogP contribution in [-0.4, -0.2) is 40.9 Å². The predicted molar refractivity (Wildman–Crippen MR) is 95.4 cm³/mol. The van der Waals surface area contributed by atoms with E-state index in [1.807, 2.05) is 17.9 Å². The Morgan fingerprint density at radius 1 is 1.43 bits per heavy atom. The monoisotopic (exact) mass is 319 g/mol. The fourth-order valence-corrected chi connectivity index (χ4v) is 3.22. The van der Waals surface area contributed by atoms with Gasteiger partial charge in [-0.3, -0.25) is 9.58 Å². The second-order valence-corrected chi connectivity index (χ2v) is 7.51. The van der Waals surface area contributed by atoms with E-state index in [0.29, 0.717) is 0 Å². The maximum Gasteiger partial charge on any atom is 0.106 e. The molecule has 1 aromatic heterocycles. The zero-order valence-corrected chi connectivity index (χ0v) is 15.5. The van der Waals surface area contributed by atoms with Crippen LogP contribution in [0.15, 0.2) is 24.0 Å². The van der Waals surface area contributed by atoms with Gasteiger partial charge in [0.15, 0.2) is 0 Å². The Labute approximate surface area is 141 Å². The first-order chi connectivity index (χ1) is 10.9. The predicted octanol–water partition coefficient (Wildman–Crippen LogP) is 3.74. The van der Waals surface area contributed by atoms with Crippen molar-refractivity contribution >= 4 is 0 Å². The normalized spacial score (nSPS) is 23.7. The molecule has 23 heavy (non-hydrogen) atoms. The van der Waals surface area contributed by atoms with Crippen LogP contribution in [0.5, 0.6) is 0 Å². The molecule has 0 amide bonds. The first-order valence-electron chi connectivity index (χ1n) is 8.88. The number of aryl methyl sites for hydroxylation is 1. The zero-order chi connectivity index (χ0) is 16.9. The fraction of sp³-hybridized carbons (Fsp3) is 0.737. The van der Waals surface area contributed by atoms with Crippen molar-refractivity contribution in [3.05, 3.63) is 29.6 Å². The Morgan fingerprint density at radius 2 is 2.22 bits per heavy atom. The standard InChI is InChI=1S/C19H33N3O/c1-16(2)7-6-8-17(3)9-10-22-11-12-23-19(4,15-22)18-13-20-21(5)14-18/h7,13-14,17H,6,8-12,15H2,1-5H3/t17-,19-/m1/s1. The zero-order valence-electron chi connectivity index (χ0n) is 15.5. The molecule has 1 aliphatic heterocycles. The van der Waals surface area contributed by atoms with Crippen molar-refractivity contribution in [2.75, 3.05) is 26.2 Å². The summed E-state index contributed by atoms with van der Waals surface area (Å²) in [6, 6.07) is 0. The Balaban J connectivity index is 1.81. The minimum Gasteiger partial charge on any atom is -0.368 e. The highest BCUT2D eigenvalue weighted by molar-refractivity contribution is 5.16. The number of hydrogen-bond acceptors (Lipinski definition) is 3. The lowest BCUT2D eigenvalue weighted by atomic mass is 9.96. The molecule has 130 valence electrons. The maximum absolute atomic E-state index is 6.09. The maximum atomic E-state index is 6.09. The highest BCUT2D eigenvalue weighted by Gasteiger charge is 2.34. The summed E-state index contributed by atoms with van der Waals surface area (Å²) in [7, 11) is 1.96. The van der Waals surface area contributed by atoms with Gasteiger partial charge in [0.1, 0.15) is 5.60 Å². The Bertz CT molecular complexity index is 518. The lowest BCUT2D eigenvalue weighted by molar-refractivity contribution is -0.104. The number of nitrogens with zero attached hydrogens (tertiary/aromatic N) is 3. The second-order valence-electron chi connectivity index (χ2n) is 7.51. The minimum absolute atomic E-state index is 0.224. The van der Waals surface area contributed by atoms with Crippen LogP contribution in [0.4, 0.5) is 0 Å². The van der Waals surface area contributed by atoms with Crippen LogP contribution in [0.1, 0.15) is 52.5 Å². The molecule has 1 aromatic rings. The molecule has 4 nitrogen and oxygen atoms in total. The van der Waals surface area contributed by atoms with Gasteiger partial charge in [-0.15, -0.1) is 0 Å². The molecule has 2 rings (SSSR count). The van der Waals surface area contributed by atoms with E-state index in [1.165, 1.54) is 30.4 Å². The summed E-state index contributed by atoms with van der Waals surface area (Å²) in [5.41, 5.74) is 2.39. The first kappa shape index (κ1) is 18.2. The number of aromatic nitrogens is 2. The van der Waals surface area contributed by atoms with Gasteiger partial charge in [0.25, 0.3) is 0 Å². The molecule has 0 radical (unpaired) electrons. The largest absolute Gasteiger partial charge is 0.368 e. The summed E-state index contributed by atoms with van der Waals surface area (Å²) >= 11 is 0. The number of hydrogen-bond donors (Lipinski definition) is 0. The lowest BCUT2D eigenvalue weighted by Gasteiger charge is -2.40. The Kier molecular flexibility index (Phi) is 6.42. The topological polar surface area (TPSA) is 30.3 Å². The van der Waals surface area contributed by atoms with E-state index >= 15 is 0 Å². The van der Waals surface area contributed by atoms with Gasteiger partial charge in [-0.05, 0) is 52.5 Å². The molecular formula is C19H33N3O. The van der Waals surface area contributed by atoms with Gasteiger partial charge in [0, 0.05) is 31.9 Å². The lowest BCUT2D eigenvalue weighted by Crippen LogP contribution is -2.48. The van der Waals surface area contributed by atoms with Gasteiger partial charge in [0.2, 0.25) is 0 Å². The summed E-state index contributed by atoms with van der Waals surface area (Å²) in [6.07, 6.45) is 10.1. The van der Waals surface area contributed by atoms with E-state index in [4.69, 9.17) is 4.74 Å². The van der Waals surface area contributed by atoms with Crippen molar-refractivity contribution < 1.29 is 4.74 Å². The molecule has 0 bridgehead atoms. The van der Waals surface area contributed by atoms with E-state index < -0.39 is 0 Å². The molecule has 4 heteroatoms. The number of ether oxygens (including phenoxy) is 1. The third-order valence-electron chi connectivity index (χ3n) is 4.82. The van der Waals surface area contributed by atoms with Crippen LogP contribution in [-0.2, 0) is 17.4 Å². The highest BCUT2D eigenvalue weighted by Crippen LogP contribution is 2.29. The van der Waals surface area contributed by atoms with Crippen molar-refractivity contribution in [3.63, 3.8) is 0 Å². The van der Waals surface area contributed by atoms with Gasteiger partial charge >= 0.3 is 0 Å². The molecule has 2 heterocycles. The van der Waals surface area contributed by atoms with Gasteiger partial charge < -0.3 is 4.74 Å². The molecule has 0 unspecified atom stereocenters. The third kappa shape index (κ3) is 5.47. The Hall–Kier alpha value is -1.13. The van der Waals surface area contributed by atoms with Crippen molar-refractivity contribution in [2.45, 2.75) is 52.6 Å². The van der Waals surface area contributed by atoms with Gasteiger partial charge in [-0.1, -0.05) is 18.6 Å². The van der Waals surface area contributed by atoms with Crippen LogP contribution >= 0.6 is 0 Å². The van der Waals surface area contributed by atoms with Crippen molar-refractivity contribution in [3.8, 4) is 0 Å². The molecule has 0 N–H and O–H groups in total. The highest BCUT2D eigenvalue weighted by atomic mass is 16.5. The van der Waals surface area contributed by atoms with Crippen LogP contribution in [0.25, 0.3) is 0 Å². The number of allylic oxidation sites excluding steroid dienone is 2. The molecule has 0 saturated carbocycles. The van der Waals surface area contributed by atoms with Crippen LogP contribution in [0.2, 0.25) is 0 Å². The summed E-state index contributed by atoms with van der Waals surface area (Å²) in [5, 5.41) is 4.30. The Morgan fingerprint density at radius 3 is 2.87 bits per heavy atom. The summed E-state index contributed by atoms with van der Waals surface area (Å²) in [5.74, 6) is 0.776. The third-order valence-corrected chi connectivity index (χ3v) is 4.82. The molecule has 0 spiro atoms. The average molecular weight is 319 g/mol. The summed E-state index contributed by atoms with van der Waals surface area (Å²) in [6.45, 7) is 12.9. The quantitative estimate of drug-likeness (QED) is 0.717. The molecule has 1 fully saturated rings. The van der Waals surface area contributed by atoms with E-state index in [1.54, 1.807) is 0 Å². The van der Waals surface area contributed by atoms with E-state index in [2.05, 4.69) is 50.0 Å². The summed E-state index contributed by atoms with van der Waals surface area (Å²) < 4.78 is 7.95. The van der Waals surface area contributed by atoms with Gasteiger partial charge in [-0.25, -0.2) is 0 Å². The van der Waals surface area contributed by atoms with Crippen LogP contribution < -0.4 is 0 Å². The fourth-order valence-electron chi connectivity index (χ4n) is 3.22. The van der Waals surface area contributed by atoms with E-state index in [-0.39, 0.29) is 5.60 Å².